The summed E-state index contributed by atoms with van der Waals surface area (Å²) in [6.07, 6.45) is 5.31. The summed E-state index contributed by atoms with van der Waals surface area (Å²) in [4.78, 5) is 4.32. The van der Waals surface area contributed by atoms with E-state index in [1.807, 2.05) is 32.3 Å². The van der Waals surface area contributed by atoms with Crippen molar-refractivity contribution in [3.8, 4) is 0 Å². The van der Waals surface area contributed by atoms with Gasteiger partial charge in [0.2, 0.25) is 0 Å². The van der Waals surface area contributed by atoms with Gasteiger partial charge in [0.1, 0.15) is 11.4 Å². The van der Waals surface area contributed by atoms with E-state index in [0.717, 1.165) is 28.2 Å². The number of aryl methyl sites for hydroxylation is 2. The molecule has 0 aliphatic carbocycles. The summed E-state index contributed by atoms with van der Waals surface area (Å²) in [6, 6.07) is 3.74. The van der Waals surface area contributed by atoms with Gasteiger partial charge >= 0.3 is 0 Å². The summed E-state index contributed by atoms with van der Waals surface area (Å²) in [5, 5.41) is 8.51. The lowest BCUT2D eigenvalue weighted by Crippen LogP contribution is -1.93. The zero-order valence-electron chi connectivity index (χ0n) is 9.64. The van der Waals surface area contributed by atoms with Crippen LogP contribution >= 0.6 is 0 Å². The molecule has 0 aliphatic heterocycles. The van der Waals surface area contributed by atoms with Crippen LogP contribution in [0.5, 0.6) is 0 Å². The lowest BCUT2D eigenvalue weighted by molar-refractivity contribution is 0.615. The third kappa shape index (κ3) is 1.65. The molecular formula is C12H12N4O. The topological polar surface area (TPSA) is 55.9 Å². The number of aromatic nitrogens is 3. The molecule has 0 aromatic carbocycles. The van der Waals surface area contributed by atoms with Crippen LogP contribution in [0.15, 0.2) is 35.2 Å². The quantitative estimate of drug-likeness (QED) is 0.732. The number of furan rings is 1. The van der Waals surface area contributed by atoms with Crippen LogP contribution in [0.3, 0.4) is 0 Å². The van der Waals surface area contributed by atoms with Gasteiger partial charge in [-0.05, 0) is 19.1 Å². The zero-order chi connectivity index (χ0) is 11.8. The molecule has 0 atom stereocenters. The minimum atomic E-state index is 0.785. The highest BCUT2D eigenvalue weighted by Crippen LogP contribution is 2.25. The first-order valence-corrected chi connectivity index (χ1v) is 5.33. The fourth-order valence-corrected chi connectivity index (χ4v) is 1.84. The molecule has 0 amide bonds. The molecule has 17 heavy (non-hydrogen) atoms. The van der Waals surface area contributed by atoms with Gasteiger partial charge in [0.25, 0.3) is 0 Å². The van der Waals surface area contributed by atoms with Gasteiger partial charge in [-0.3, -0.25) is 4.68 Å². The van der Waals surface area contributed by atoms with E-state index >= 15 is 0 Å². The molecule has 0 saturated heterocycles. The van der Waals surface area contributed by atoms with Crippen LogP contribution in [-0.4, -0.2) is 14.8 Å². The number of hydrogen-bond donors (Lipinski definition) is 1. The van der Waals surface area contributed by atoms with Crippen molar-refractivity contribution in [1.82, 2.24) is 14.8 Å². The number of pyridine rings is 1. The Kier molecular flexibility index (Phi) is 2.11. The molecule has 0 saturated carbocycles. The van der Waals surface area contributed by atoms with E-state index in [4.69, 9.17) is 4.42 Å². The van der Waals surface area contributed by atoms with Crippen molar-refractivity contribution in [3.63, 3.8) is 0 Å². The van der Waals surface area contributed by atoms with Gasteiger partial charge in [-0.2, -0.15) is 5.10 Å². The van der Waals surface area contributed by atoms with Crippen molar-refractivity contribution < 1.29 is 4.42 Å². The van der Waals surface area contributed by atoms with Gasteiger partial charge in [0.15, 0.2) is 0 Å². The summed E-state index contributed by atoms with van der Waals surface area (Å²) in [6.45, 7) is 1.96. The van der Waals surface area contributed by atoms with Crippen molar-refractivity contribution >= 4 is 22.5 Å². The van der Waals surface area contributed by atoms with Crippen LogP contribution in [0.25, 0.3) is 11.0 Å². The van der Waals surface area contributed by atoms with E-state index in [1.165, 1.54) is 0 Å². The molecule has 5 nitrogen and oxygen atoms in total. The van der Waals surface area contributed by atoms with Gasteiger partial charge in [0.05, 0.1) is 23.0 Å². The van der Waals surface area contributed by atoms with Crippen molar-refractivity contribution in [2.75, 3.05) is 5.32 Å². The average molecular weight is 228 g/mol. The first-order valence-electron chi connectivity index (χ1n) is 5.33. The molecule has 0 fully saturated rings. The molecule has 5 heteroatoms. The third-order valence-corrected chi connectivity index (χ3v) is 2.65. The van der Waals surface area contributed by atoms with Gasteiger partial charge in [-0.15, -0.1) is 0 Å². The van der Waals surface area contributed by atoms with E-state index in [9.17, 15) is 0 Å². The highest BCUT2D eigenvalue weighted by molar-refractivity contribution is 5.89. The molecular weight excluding hydrogens is 216 g/mol. The highest BCUT2D eigenvalue weighted by Gasteiger charge is 2.08. The fourth-order valence-electron chi connectivity index (χ4n) is 1.84. The minimum Gasteiger partial charge on any atom is -0.464 e. The van der Waals surface area contributed by atoms with Crippen LogP contribution in [0.2, 0.25) is 0 Å². The summed E-state index contributed by atoms with van der Waals surface area (Å²) < 4.78 is 7.10. The van der Waals surface area contributed by atoms with Crippen molar-refractivity contribution in [2.24, 2.45) is 7.05 Å². The number of hydrogen-bond acceptors (Lipinski definition) is 4. The molecule has 0 radical (unpaired) electrons. The van der Waals surface area contributed by atoms with Gasteiger partial charge in [-0.1, -0.05) is 0 Å². The molecule has 3 rings (SSSR count). The summed E-state index contributed by atoms with van der Waals surface area (Å²) >= 11 is 0. The standard InChI is InChI=1S/C12H12N4O/c1-8-10(7-16(2)15-8)14-12-9-4-6-17-11(9)3-5-13-12/h3-7H,1-2H3,(H,13,14). The lowest BCUT2D eigenvalue weighted by atomic mass is 10.3. The molecule has 0 spiro atoms. The first kappa shape index (κ1) is 9.89. The van der Waals surface area contributed by atoms with E-state index in [-0.39, 0.29) is 0 Å². The zero-order valence-corrected chi connectivity index (χ0v) is 9.64. The second-order valence-corrected chi connectivity index (χ2v) is 3.92. The van der Waals surface area contributed by atoms with Crippen LogP contribution in [0.4, 0.5) is 11.5 Å². The molecule has 0 bridgehead atoms. The Morgan fingerprint density at radius 2 is 2.24 bits per heavy atom. The summed E-state index contributed by atoms with van der Waals surface area (Å²) in [5.41, 5.74) is 2.72. The highest BCUT2D eigenvalue weighted by atomic mass is 16.3. The normalized spacial score (nSPS) is 10.9. The molecule has 1 N–H and O–H groups in total. The maximum atomic E-state index is 5.33. The van der Waals surface area contributed by atoms with Gasteiger partial charge in [0, 0.05) is 19.4 Å². The number of rotatable bonds is 2. The van der Waals surface area contributed by atoms with E-state index < -0.39 is 0 Å². The Hall–Kier alpha value is -2.30. The monoisotopic (exact) mass is 228 g/mol. The predicted molar refractivity (Wildman–Crippen MR) is 65.2 cm³/mol. The maximum absolute atomic E-state index is 5.33. The van der Waals surface area contributed by atoms with Crippen LogP contribution in [0, 0.1) is 6.92 Å². The summed E-state index contributed by atoms with van der Waals surface area (Å²) in [5.74, 6) is 0.785. The van der Waals surface area contributed by atoms with E-state index in [1.54, 1.807) is 17.1 Å². The minimum absolute atomic E-state index is 0.785. The predicted octanol–water partition coefficient (Wildman–Crippen LogP) is 2.61. The molecule has 0 unspecified atom stereocenters. The third-order valence-electron chi connectivity index (χ3n) is 2.65. The van der Waals surface area contributed by atoms with E-state index in [2.05, 4.69) is 15.4 Å². The van der Waals surface area contributed by atoms with Crippen molar-refractivity contribution in [3.05, 3.63) is 36.5 Å². The molecule has 3 heterocycles. The molecule has 0 aliphatic rings. The van der Waals surface area contributed by atoms with E-state index in [0.29, 0.717) is 0 Å². The van der Waals surface area contributed by atoms with Crippen molar-refractivity contribution in [1.29, 1.82) is 0 Å². The molecule has 3 aromatic heterocycles. The summed E-state index contributed by atoms with van der Waals surface area (Å²) in [7, 11) is 1.89. The maximum Gasteiger partial charge on any atom is 0.141 e. The SMILES string of the molecule is Cc1nn(C)cc1Nc1nccc2occc12. The largest absolute Gasteiger partial charge is 0.464 e. The number of nitrogens with zero attached hydrogens (tertiary/aromatic N) is 3. The Balaban J connectivity index is 2.05. The average Bonchev–Trinajstić information content (AvgIpc) is 2.87. The Morgan fingerprint density at radius 1 is 1.35 bits per heavy atom. The Bertz CT molecular complexity index is 668. The Labute approximate surface area is 98.1 Å². The smallest absolute Gasteiger partial charge is 0.141 e. The first-order chi connectivity index (χ1) is 8.24. The second-order valence-electron chi connectivity index (χ2n) is 3.92. The molecule has 86 valence electrons. The molecule has 3 aromatic rings. The second kappa shape index (κ2) is 3.62. The van der Waals surface area contributed by atoms with Gasteiger partial charge in [-0.25, -0.2) is 4.98 Å². The number of fused-ring (bicyclic) bond motifs is 1. The fraction of sp³-hybridized carbons (Fsp3) is 0.167. The number of anilines is 2. The van der Waals surface area contributed by atoms with Crippen molar-refractivity contribution in [2.45, 2.75) is 6.92 Å². The number of nitrogens with one attached hydrogen (secondary N) is 1. The van der Waals surface area contributed by atoms with Gasteiger partial charge < -0.3 is 9.73 Å². The lowest BCUT2D eigenvalue weighted by Gasteiger charge is -2.04. The Morgan fingerprint density at radius 3 is 3.00 bits per heavy atom. The van der Waals surface area contributed by atoms with Crippen LogP contribution < -0.4 is 5.32 Å². The van der Waals surface area contributed by atoms with Crippen LogP contribution in [-0.2, 0) is 7.05 Å². The van der Waals surface area contributed by atoms with Crippen LogP contribution in [0.1, 0.15) is 5.69 Å².